The van der Waals surface area contributed by atoms with Gasteiger partial charge in [0.05, 0.1) is 19.3 Å². The van der Waals surface area contributed by atoms with Crippen molar-refractivity contribution in [2.24, 2.45) is 0 Å². The summed E-state index contributed by atoms with van der Waals surface area (Å²) in [6.07, 6.45) is 0.653. The van der Waals surface area contributed by atoms with Crippen molar-refractivity contribution in [2.45, 2.75) is 24.8 Å². The van der Waals surface area contributed by atoms with Crippen LogP contribution in [0.15, 0.2) is 72.8 Å². The maximum Gasteiger partial charge on any atom is 0.254 e. The van der Waals surface area contributed by atoms with Crippen LogP contribution in [0.2, 0.25) is 5.02 Å². The van der Waals surface area contributed by atoms with Gasteiger partial charge in [-0.1, -0.05) is 54.1 Å². The van der Waals surface area contributed by atoms with E-state index in [0.29, 0.717) is 24.5 Å². The number of hydrogen-bond donors (Lipinski definition) is 1. The van der Waals surface area contributed by atoms with Crippen LogP contribution in [0.25, 0.3) is 10.9 Å². The molecular formula is C30H28ClN3O3. The van der Waals surface area contributed by atoms with Crippen molar-refractivity contribution in [3.8, 4) is 5.75 Å². The minimum atomic E-state index is -1.10. The molecule has 6 rings (SSSR count). The molecule has 1 saturated heterocycles. The lowest BCUT2D eigenvalue weighted by Gasteiger charge is -2.51. The number of carbonyl (C=O) groups is 2. The molecule has 0 aliphatic carbocycles. The molecule has 6 nitrogen and oxygen atoms in total. The van der Waals surface area contributed by atoms with Crippen molar-refractivity contribution in [1.29, 1.82) is 0 Å². The topological polar surface area (TPSA) is 65.6 Å². The number of piperazine rings is 1. The second-order valence-corrected chi connectivity index (χ2v) is 10.4. The maximum atomic E-state index is 14.1. The van der Waals surface area contributed by atoms with Crippen LogP contribution in [0.1, 0.15) is 35.2 Å². The summed E-state index contributed by atoms with van der Waals surface area (Å²) in [5.41, 5.74) is 3.90. The van der Waals surface area contributed by atoms with Crippen molar-refractivity contribution in [3.05, 3.63) is 100 Å². The van der Waals surface area contributed by atoms with Crippen LogP contribution in [0.5, 0.6) is 5.75 Å². The van der Waals surface area contributed by atoms with E-state index in [1.165, 1.54) is 0 Å². The predicted octanol–water partition coefficient (Wildman–Crippen LogP) is 5.10. The number of nitrogens with one attached hydrogen (secondary N) is 1. The summed E-state index contributed by atoms with van der Waals surface area (Å²) in [5.74, 6) is 0.620. The Hall–Kier alpha value is -3.77. The third kappa shape index (κ3) is 3.78. The molecule has 3 aromatic carbocycles. The van der Waals surface area contributed by atoms with Crippen LogP contribution in [0.4, 0.5) is 0 Å². The Labute approximate surface area is 220 Å². The summed E-state index contributed by atoms with van der Waals surface area (Å²) in [7, 11) is 1.65. The van der Waals surface area contributed by atoms with Crippen molar-refractivity contribution in [2.75, 3.05) is 26.7 Å². The van der Waals surface area contributed by atoms with Crippen LogP contribution in [0.3, 0.4) is 0 Å². The summed E-state index contributed by atoms with van der Waals surface area (Å²) in [4.78, 5) is 34.8. The Morgan fingerprint density at radius 3 is 2.49 bits per heavy atom. The first-order valence-electron chi connectivity index (χ1n) is 12.5. The second kappa shape index (κ2) is 8.96. The molecule has 2 amide bonds. The predicted molar refractivity (Wildman–Crippen MR) is 144 cm³/mol. The molecule has 1 aromatic heterocycles. The number of aromatic amines is 1. The van der Waals surface area contributed by atoms with Crippen LogP contribution >= 0.6 is 11.6 Å². The third-order valence-corrected chi connectivity index (χ3v) is 8.17. The first-order valence-corrected chi connectivity index (χ1v) is 12.9. The average Bonchev–Trinajstić information content (AvgIpc) is 3.32. The van der Waals surface area contributed by atoms with Crippen molar-refractivity contribution in [1.82, 2.24) is 14.8 Å². The van der Waals surface area contributed by atoms with Gasteiger partial charge >= 0.3 is 0 Å². The molecule has 3 heterocycles. The number of nitrogens with zero attached hydrogens (tertiary/aromatic N) is 2. The van der Waals surface area contributed by atoms with E-state index in [1.807, 2.05) is 73.7 Å². The van der Waals surface area contributed by atoms with E-state index in [0.717, 1.165) is 39.0 Å². The summed E-state index contributed by atoms with van der Waals surface area (Å²) in [6.45, 7) is 2.87. The Morgan fingerprint density at radius 2 is 1.76 bits per heavy atom. The van der Waals surface area contributed by atoms with Crippen LogP contribution in [-0.2, 0) is 21.5 Å². The molecular weight excluding hydrogens is 486 g/mol. The standard InChI is InChI=1S/C30H28ClN3O3/c1-30-28-27(23-5-3-4-6-25(23)32-28)24(20-9-13-22(37-2)14-10-20)17-34(30)26(35)18-33(29(30)36)16-15-19-7-11-21(31)12-8-19/h3-14,24,32H,15-18H2,1-2H3/t24?,30-/m0/s1. The van der Waals surface area contributed by atoms with Gasteiger partial charge in [0.1, 0.15) is 5.75 Å². The lowest BCUT2D eigenvalue weighted by atomic mass is 9.76. The van der Waals surface area contributed by atoms with E-state index in [2.05, 4.69) is 11.1 Å². The molecule has 7 heteroatoms. The molecule has 2 aliphatic rings. The van der Waals surface area contributed by atoms with Gasteiger partial charge in [0.15, 0.2) is 5.54 Å². The smallest absolute Gasteiger partial charge is 0.254 e. The fraction of sp³-hybridized carbons (Fsp3) is 0.267. The van der Waals surface area contributed by atoms with Gasteiger partial charge in [0.25, 0.3) is 5.91 Å². The van der Waals surface area contributed by atoms with Crippen molar-refractivity contribution >= 4 is 34.3 Å². The van der Waals surface area contributed by atoms with Crippen molar-refractivity contribution < 1.29 is 14.3 Å². The van der Waals surface area contributed by atoms with Gasteiger partial charge in [-0.3, -0.25) is 9.59 Å². The fourth-order valence-corrected chi connectivity index (χ4v) is 6.03. The third-order valence-electron chi connectivity index (χ3n) is 7.92. The molecule has 4 aromatic rings. The quantitative estimate of drug-likeness (QED) is 0.403. The van der Waals surface area contributed by atoms with E-state index in [4.69, 9.17) is 16.3 Å². The number of methoxy groups -OCH3 is 1. The van der Waals surface area contributed by atoms with E-state index in [9.17, 15) is 9.59 Å². The summed E-state index contributed by atoms with van der Waals surface area (Å²) in [6, 6.07) is 23.7. The van der Waals surface area contributed by atoms with E-state index >= 15 is 0 Å². The average molecular weight is 514 g/mol. The zero-order chi connectivity index (χ0) is 25.7. The molecule has 2 aliphatic heterocycles. The first kappa shape index (κ1) is 23.6. The SMILES string of the molecule is COc1ccc(C2CN3C(=O)CN(CCc4ccc(Cl)cc4)C(=O)[C@]3(C)c3[nH]c4ccccc4c32)cc1. The van der Waals surface area contributed by atoms with Gasteiger partial charge < -0.3 is 19.5 Å². The van der Waals surface area contributed by atoms with Gasteiger partial charge in [-0.2, -0.15) is 0 Å². The largest absolute Gasteiger partial charge is 0.497 e. The lowest BCUT2D eigenvalue weighted by Crippen LogP contribution is -2.67. The van der Waals surface area contributed by atoms with Crippen LogP contribution in [-0.4, -0.2) is 53.3 Å². The Kier molecular flexibility index (Phi) is 5.72. The molecule has 1 fully saturated rings. The number of fused-ring (bicyclic) bond motifs is 5. The van der Waals surface area contributed by atoms with Gasteiger partial charge in [0, 0.05) is 34.9 Å². The summed E-state index contributed by atoms with van der Waals surface area (Å²) < 4.78 is 5.36. The van der Waals surface area contributed by atoms with E-state index < -0.39 is 5.54 Å². The molecule has 1 unspecified atom stereocenters. The zero-order valence-corrected chi connectivity index (χ0v) is 21.6. The minimum Gasteiger partial charge on any atom is -0.497 e. The maximum absolute atomic E-state index is 14.1. The number of amides is 2. The van der Waals surface area contributed by atoms with E-state index in [-0.39, 0.29) is 24.3 Å². The highest BCUT2D eigenvalue weighted by Gasteiger charge is 2.56. The Bertz CT molecular complexity index is 1500. The second-order valence-electron chi connectivity index (χ2n) is 9.96. The highest BCUT2D eigenvalue weighted by molar-refractivity contribution is 6.30. The summed E-state index contributed by atoms with van der Waals surface area (Å²) >= 11 is 6.03. The number of halogens is 1. The van der Waals surface area contributed by atoms with Gasteiger partial charge in [-0.25, -0.2) is 0 Å². The minimum absolute atomic E-state index is 0.0407. The van der Waals surface area contributed by atoms with Gasteiger partial charge in [0.2, 0.25) is 5.91 Å². The lowest BCUT2D eigenvalue weighted by molar-refractivity contribution is -0.166. The number of ether oxygens (including phenoxy) is 1. The number of para-hydroxylation sites is 1. The molecule has 0 radical (unpaired) electrons. The number of carbonyl (C=O) groups excluding carboxylic acids is 2. The van der Waals surface area contributed by atoms with Gasteiger partial charge in [-0.15, -0.1) is 0 Å². The van der Waals surface area contributed by atoms with Crippen LogP contribution < -0.4 is 4.74 Å². The zero-order valence-electron chi connectivity index (χ0n) is 20.8. The van der Waals surface area contributed by atoms with Crippen molar-refractivity contribution in [3.63, 3.8) is 0 Å². The number of benzene rings is 3. The molecule has 0 spiro atoms. The number of hydrogen-bond acceptors (Lipinski definition) is 3. The monoisotopic (exact) mass is 513 g/mol. The first-order chi connectivity index (χ1) is 17.9. The number of rotatable bonds is 5. The number of aromatic nitrogens is 1. The molecule has 0 bridgehead atoms. The highest BCUT2D eigenvalue weighted by atomic mass is 35.5. The molecule has 0 saturated carbocycles. The fourth-order valence-electron chi connectivity index (χ4n) is 5.91. The Balaban J connectivity index is 1.42. The number of H-pyrrole nitrogens is 1. The summed E-state index contributed by atoms with van der Waals surface area (Å²) in [5, 5.41) is 1.76. The normalized spacial score (nSPS) is 21.2. The van der Waals surface area contributed by atoms with Crippen LogP contribution in [0, 0.1) is 0 Å². The highest BCUT2D eigenvalue weighted by Crippen LogP contribution is 2.48. The Morgan fingerprint density at radius 1 is 1.03 bits per heavy atom. The molecule has 188 valence electrons. The molecule has 37 heavy (non-hydrogen) atoms. The molecule has 1 N–H and O–H groups in total. The van der Waals surface area contributed by atoms with E-state index in [1.54, 1.807) is 16.9 Å². The molecule has 2 atom stereocenters. The van der Waals surface area contributed by atoms with Gasteiger partial charge in [-0.05, 0) is 60.4 Å².